The summed E-state index contributed by atoms with van der Waals surface area (Å²) in [5, 5.41) is 9.28. The predicted molar refractivity (Wildman–Crippen MR) is 80.7 cm³/mol. The highest BCUT2D eigenvalue weighted by Gasteiger charge is 2.40. The molecule has 110 valence electrons. The van der Waals surface area contributed by atoms with Crippen LogP contribution in [-0.4, -0.2) is 26.0 Å². The number of carboxylic acids is 1. The van der Waals surface area contributed by atoms with E-state index in [0.29, 0.717) is 15.6 Å². The summed E-state index contributed by atoms with van der Waals surface area (Å²) in [7, 11) is -3.79. The van der Waals surface area contributed by atoms with Crippen molar-refractivity contribution in [3.8, 4) is 0 Å². The number of carbonyl (C=O) groups is 1. The lowest BCUT2D eigenvalue weighted by atomic mass is 10.0. The van der Waals surface area contributed by atoms with Gasteiger partial charge in [0.05, 0.1) is 16.6 Å². The molecule has 0 saturated heterocycles. The number of rotatable bonds is 3. The van der Waals surface area contributed by atoms with Gasteiger partial charge in [-0.1, -0.05) is 29.8 Å². The molecule has 2 heterocycles. The van der Waals surface area contributed by atoms with Gasteiger partial charge in [-0.3, -0.25) is 9.10 Å². The van der Waals surface area contributed by atoms with E-state index in [4.69, 9.17) is 11.6 Å². The van der Waals surface area contributed by atoms with Crippen molar-refractivity contribution in [2.24, 2.45) is 0 Å². The molecule has 0 amide bonds. The quantitative estimate of drug-likeness (QED) is 0.929. The second-order valence-electron chi connectivity index (χ2n) is 4.54. The fraction of sp³-hybridized carbons (Fsp3) is 0.154. The van der Waals surface area contributed by atoms with Crippen LogP contribution in [0, 0.1) is 0 Å². The van der Waals surface area contributed by atoms with E-state index in [2.05, 4.69) is 0 Å². The first kappa shape index (κ1) is 14.4. The number of halogens is 1. The molecule has 0 aliphatic carbocycles. The molecule has 3 rings (SSSR count). The molecule has 21 heavy (non-hydrogen) atoms. The molecule has 0 fully saturated rings. The smallest absolute Gasteiger partial charge is 0.312 e. The number of para-hydroxylation sites is 1. The average molecular weight is 344 g/mol. The predicted octanol–water partition coefficient (Wildman–Crippen LogP) is 2.78. The third-order valence-electron chi connectivity index (χ3n) is 3.32. The maximum atomic E-state index is 12.7. The van der Waals surface area contributed by atoms with Crippen molar-refractivity contribution in [3.05, 3.63) is 46.3 Å². The fourth-order valence-electron chi connectivity index (χ4n) is 2.36. The summed E-state index contributed by atoms with van der Waals surface area (Å²) in [4.78, 5) is 11.3. The fourth-order valence-corrected chi connectivity index (χ4v) is 5.46. The monoisotopic (exact) mass is 343 g/mol. The van der Waals surface area contributed by atoms with Crippen LogP contribution in [0.25, 0.3) is 0 Å². The van der Waals surface area contributed by atoms with Gasteiger partial charge in [0.25, 0.3) is 10.0 Å². The first-order valence-electron chi connectivity index (χ1n) is 6.01. The van der Waals surface area contributed by atoms with Crippen molar-refractivity contribution in [2.75, 3.05) is 10.8 Å². The maximum absolute atomic E-state index is 12.7. The van der Waals surface area contributed by atoms with Crippen molar-refractivity contribution in [2.45, 2.75) is 10.1 Å². The average Bonchev–Trinajstić information content (AvgIpc) is 3.02. The Kier molecular flexibility index (Phi) is 3.43. The zero-order chi connectivity index (χ0) is 15.2. The van der Waals surface area contributed by atoms with Gasteiger partial charge < -0.3 is 5.11 Å². The number of anilines is 1. The van der Waals surface area contributed by atoms with Crippen molar-refractivity contribution in [3.63, 3.8) is 0 Å². The minimum Gasteiger partial charge on any atom is -0.481 e. The lowest BCUT2D eigenvalue weighted by Gasteiger charge is -2.18. The van der Waals surface area contributed by atoms with Crippen LogP contribution in [0.3, 0.4) is 0 Å². The third kappa shape index (κ3) is 2.31. The van der Waals surface area contributed by atoms with Crippen LogP contribution < -0.4 is 4.31 Å². The molecule has 2 aromatic rings. The second kappa shape index (κ2) is 5.01. The number of benzene rings is 1. The molecule has 1 aromatic carbocycles. The van der Waals surface area contributed by atoms with E-state index in [9.17, 15) is 18.3 Å². The molecule has 1 atom stereocenters. The van der Waals surface area contributed by atoms with E-state index in [1.54, 1.807) is 24.3 Å². The topological polar surface area (TPSA) is 74.7 Å². The Hall–Kier alpha value is -1.57. The first-order valence-corrected chi connectivity index (χ1v) is 8.64. The zero-order valence-corrected chi connectivity index (χ0v) is 13.0. The lowest BCUT2D eigenvalue weighted by molar-refractivity contribution is -0.138. The lowest BCUT2D eigenvalue weighted by Crippen LogP contribution is -2.30. The molecule has 0 spiro atoms. The molecule has 5 nitrogen and oxygen atoms in total. The Morgan fingerprint density at radius 2 is 2.00 bits per heavy atom. The summed E-state index contributed by atoms with van der Waals surface area (Å²) in [6, 6.07) is 9.59. The van der Waals surface area contributed by atoms with Crippen molar-refractivity contribution in [1.29, 1.82) is 0 Å². The van der Waals surface area contributed by atoms with Crippen LogP contribution in [0.5, 0.6) is 0 Å². The van der Waals surface area contributed by atoms with Gasteiger partial charge in [-0.05, 0) is 23.8 Å². The molecule has 1 aliphatic rings. The van der Waals surface area contributed by atoms with E-state index in [1.165, 1.54) is 12.1 Å². The largest absolute Gasteiger partial charge is 0.481 e. The van der Waals surface area contributed by atoms with Crippen LogP contribution in [0.1, 0.15) is 11.5 Å². The summed E-state index contributed by atoms with van der Waals surface area (Å²) in [6.07, 6.45) is 0. The van der Waals surface area contributed by atoms with E-state index in [0.717, 1.165) is 15.6 Å². The minimum absolute atomic E-state index is 0.105. The number of aliphatic carboxylic acids is 1. The molecule has 1 unspecified atom stereocenters. The van der Waals surface area contributed by atoms with E-state index in [-0.39, 0.29) is 10.8 Å². The van der Waals surface area contributed by atoms with E-state index < -0.39 is 21.9 Å². The molecule has 0 bridgehead atoms. The van der Waals surface area contributed by atoms with Crippen LogP contribution in [0.2, 0.25) is 4.34 Å². The number of carboxylic acid groups (broad SMARTS) is 1. The normalized spacial score (nSPS) is 17.8. The summed E-state index contributed by atoms with van der Waals surface area (Å²) in [5.74, 6) is -1.89. The van der Waals surface area contributed by atoms with Gasteiger partial charge in [-0.2, -0.15) is 0 Å². The molecule has 1 N–H and O–H groups in total. The second-order valence-corrected chi connectivity index (χ2v) is 8.35. The zero-order valence-electron chi connectivity index (χ0n) is 10.6. The summed E-state index contributed by atoms with van der Waals surface area (Å²) in [6.45, 7) is -0.105. The van der Waals surface area contributed by atoms with Gasteiger partial charge in [0.15, 0.2) is 0 Å². The molecular formula is C13H10ClNO4S2. The van der Waals surface area contributed by atoms with Gasteiger partial charge in [-0.25, -0.2) is 8.42 Å². The van der Waals surface area contributed by atoms with Crippen molar-refractivity contribution >= 4 is 44.6 Å². The SMILES string of the molecule is O=C(O)C1CN(S(=O)(=O)c2ccc(Cl)s2)c2ccccc21. The van der Waals surface area contributed by atoms with Crippen molar-refractivity contribution < 1.29 is 18.3 Å². The number of fused-ring (bicyclic) bond motifs is 1. The first-order chi connectivity index (χ1) is 9.91. The molecule has 1 aliphatic heterocycles. The standard InChI is InChI=1S/C13H10ClNO4S2/c14-11-5-6-12(20-11)21(18,19)15-7-9(13(16)17)8-3-1-2-4-10(8)15/h1-6,9H,7H2,(H,16,17). The Bertz CT molecular complexity index is 815. The van der Waals surface area contributed by atoms with Crippen LogP contribution in [0.4, 0.5) is 5.69 Å². The molecular weight excluding hydrogens is 334 g/mol. The molecule has 8 heteroatoms. The number of sulfonamides is 1. The summed E-state index contributed by atoms with van der Waals surface area (Å²) >= 11 is 6.75. The van der Waals surface area contributed by atoms with Gasteiger partial charge in [-0.15, -0.1) is 11.3 Å². The summed E-state index contributed by atoms with van der Waals surface area (Å²) < 4.78 is 26.9. The van der Waals surface area contributed by atoms with Gasteiger partial charge in [0, 0.05) is 0 Å². The van der Waals surface area contributed by atoms with E-state index in [1.807, 2.05) is 0 Å². The van der Waals surface area contributed by atoms with E-state index >= 15 is 0 Å². The van der Waals surface area contributed by atoms with Crippen LogP contribution in [-0.2, 0) is 14.8 Å². The van der Waals surface area contributed by atoms with Crippen LogP contribution in [0.15, 0.2) is 40.6 Å². The van der Waals surface area contributed by atoms with Gasteiger partial charge in [0.1, 0.15) is 10.1 Å². The minimum atomic E-state index is -3.79. The number of hydrogen-bond donors (Lipinski definition) is 1. The Labute approximate surface area is 130 Å². The Balaban J connectivity index is 2.10. The van der Waals surface area contributed by atoms with Crippen molar-refractivity contribution in [1.82, 2.24) is 0 Å². The number of hydrogen-bond acceptors (Lipinski definition) is 4. The molecule has 0 saturated carbocycles. The highest BCUT2D eigenvalue weighted by molar-refractivity contribution is 7.94. The summed E-state index contributed by atoms with van der Waals surface area (Å²) in [5.41, 5.74) is 0.922. The van der Waals surface area contributed by atoms with Crippen LogP contribution >= 0.6 is 22.9 Å². The Morgan fingerprint density at radius 3 is 2.62 bits per heavy atom. The maximum Gasteiger partial charge on any atom is 0.312 e. The highest BCUT2D eigenvalue weighted by atomic mass is 35.5. The Morgan fingerprint density at radius 1 is 1.29 bits per heavy atom. The number of thiophene rings is 1. The molecule has 1 aromatic heterocycles. The van der Waals surface area contributed by atoms with Gasteiger partial charge >= 0.3 is 5.97 Å². The molecule has 0 radical (unpaired) electrons. The number of nitrogens with zero attached hydrogens (tertiary/aromatic N) is 1. The highest BCUT2D eigenvalue weighted by Crippen LogP contribution is 2.41. The third-order valence-corrected chi connectivity index (χ3v) is 6.80. The van der Waals surface area contributed by atoms with Gasteiger partial charge in [0.2, 0.25) is 0 Å².